The fourth-order valence-corrected chi connectivity index (χ4v) is 3.57. The Morgan fingerprint density at radius 2 is 1.91 bits per heavy atom. The molecule has 1 aliphatic carbocycles. The van der Waals surface area contributed by atoms with Crippen molar-refractivity contribution < 1.29 is 13.6 Å². The number of carbonyl (C=O) groups is 1. The number of nitrogens with one attached hydrogen (secondary N) is 1. The van der Waals surface area contributed by atoms with Crippen molar-refractivity contribution in [3.05, 3.63) is 51.0 Å². The van der Waals surface area contributed by atoms with Crippen LogP contribution in [0.5, 0.6) is 0 Å². The third-order valence-corrected chi connectivity index (χ3v) is 4.94. The summed E-state index contributed by atoms with van der Waals surface area (Å²) in [6.07, 6.45) is 1.64. The minimum Gasteiger partial charge on any atom is -0.346 e. The van der Waals surface area contributed by atoms with E-state index in [0.717, 1.165) is 21.6 Å². The van der Waals surface area contributed by atoms with Crippen LogP contribution in [0.25, 0.3) is 0 Å². The molecule has 1 saturated carbocycles. The summed E-state index contributed by atoms with van der Waals surface area (Å²) in [6.45, 7) is 3.78. The molecule has 0 bridgehead atoms. The molecule has 1 amide bonds. The van der Waals surface area contributed by atoms with Crippen LogP contribution in [0.4, 0.5) is 8.78 Å². The Hall–Kier alpha value is -1.82. The molecule has 0 saturated heterocycles. The minimum atomic E-state index is -0.621. The van der Waals surface area contributed by atoms with Gasteiger partial charge in [0.25, 0.3) is 0 Å². The van der Waals surface area contributed by atoms with E-state index in [0.29, 0.717) is 18.4 Å². The van der Waals surface area contributed by atoms with Gasteiger partial charge in [-0.1, -0.05) is 0 Å². The fraction of sp³-hybridized carbons (Fsp3) is 0.375. The van der Waals surface area contributed by atoms with E-state index in [2.05, 4.69) is 10.3 Å². The molecule has 0 radical (unpaired) electrons. The van der Waals surface area contributed by atoms with Crippen LogP contribution < -0.4 is 5.32 Å². The molecule has 1 fully saturated rings. The Balaban J connectivity index is 1.74. The number of halogens is 2. The van der Waals surface area contributed by atoms with Crippen LogP contribution in [0.3, 0.4) is 0 Å². The molecular weight excluding hydrogens is 306 g/mol. The molecule has 116 valence electrons. The van der Waals surface area contributed by atoms with E-state index in [4.69, 9.17) is 0 Å². The smallest absolute Gasteiger partial charge is 0.226 e. The van der Waals surface area contributed by atoms with Crippen molar-refractivity contribution >= 4 is 17.2 Å². The molecule has 1 aromatic heterocycles. The zero-order valence-electron chi connectivity index (χ0n) is 12.4. The fourth-order valence-electron chi connectivity index (χ4n) is 2.64. The summed E-state index contributed by atoms with van der Waals surface area (Å²) in [7, 11) is 0. The molecule has 1 aliphatic rings. The van der Waals surface area contributed by atoms with E-state index < -0.39 is 17.2 Å². The second-order valence-corrected chi connectivity index (χ2v) is 6.99. The van der Waals surface area contributed by atoms with Crippen molar-refractivity contribution in [1.82, 2.24) is 10.3 Å². The van der Waals surface area contributed by atoms with Crippen LogP contribution in [0.15, 0.2) is 18.2 Å². The van der Waals surface area contributed by atoms with Crippen LogP contribution >= 0.6 is 11.3 Å². The minimum absolute atomic E-state index is 0.145. The van der Waals surface area contributed by atoms with Gasteiger partial charge in [-0.15, -0.1) is 11.3 Å². The lowest BCUT2D eigenvalue weighted by atomic mass is 10.0. The molecule has 2 aromatic rings. The molecule has 1 aromatic carbocycles. The molecule has 3 nitrogen and oxygen atoms in total. The number of aromatic nitrogens is 1. The Morgan fingerprint density at radius 3 is 2.41 bits per heavy atom. The van der Waals surface area contributed by atoms with E-state index in [1.54, 1.807) is 0 Å². The van der Waals surface area contributed by atoms with Gasteiger partial charge in [-0.2, -0.15) is 0 Å². The van der Waals surface area contributed by atoms with E-state index >= 15 is 0 Å². The lowest BCUT2D eigenvalue weighted by Gasteiger charge is -2.18. The van der Waals surface area contributed by atoms with Gasteiger partial charge in [0, 0.05) is 10.9 Å². The van der Waals surface area contributed by atoms with Gasteiger partial charge < -0.3 is 5.32 Å². The Labute approximate surface area is 131 Å². The second-order valence-electron chi connectivity index (χ2n) is 5.71. The standard InChI is InChI=1S/C16H16F2N2OS/c1-9-14(22-10(2)19-9)8-15(21)20-16(3-4-16)11-5-12(17)7-13(18)6-11/h5-7H,3-4,8H2,1-2H3,(H,20,21). The average Bonchev–Trinajstić information content (AvgIpc) is 3.10. The number of nitrogens with zero attached hydrogens (tertiary/aromatic N) is 1. The van der Waals surface area contributed by atoms with Gasteiger partial charge in [-0.3, -0.25) is 4.79 Å². The largest absolute Gasteiger partial charge is 0.346 e. The molecule has 0 atom stereocenters. The summed E-state index contributed by atoms with van der Waals surface area (Å²) in [5.74, 6) is -1.39. The van der Waals surface area contributed by atoms with E-state index in [1.165, 1.54) is 23.5 Å². The molecule has 0 spiro atoms. The van der Waals surface area contributed by atoms with Gasteiger partial charge in [0.15, 0.2) is 0 Å². The number of thiazole rings is 1. The Bertz CT molecular complexity index is 717. The monoisotopic (exact) mass is 322 g/mol. The average molecular weight is 322 g/mol. The quantitative estimate of drug-likeness (QED) is 0.937. The summed E-state index contributed by atoms with van der Waals surface area (Å²) in [4.78, 5) is 17.5. The summed E-state index contributed by atoms with van der Waals surface area (Å²) in [6, 6.07) is 3.42. The molecule has 6 heteroatoms. The molecule has 0 unspecified atom stereocenters. The number of benzene rings is 1. The van der Waals surface area contributed by atoms with Crippen molar-refractivity contribution in [3.63, 3.8) is 0 Å². The lowest BCUT2D eigenvalue weighted by molar-refractivity contribution is -0.121. The zero-order chi connectivity index (χ0) is 15.9. The van der Waals surface area contributed by atoms with Gasteiger partial charge in [0.05, 0.1) is 22.7 Å². The van der Waals surface area contributed by atoms with Gasteiger partial charge in [-0.05, 0) is 44.4 Å². The number of carbonyl (C=O) groups excluding carboxylic acids is 1. The summed E-state index contributed by atoms with van der Waals surface area (Å²) < 4.78 is 26.7. The van der Waals surface area contributed by atoms with Gasteiger partial charge in [0.1, 0.15) is 11.6 Å². The topological polar surface area (TPSA) is 42.0 Å². The van der Waals surface area contributed by atoms with E-state index in [-0.39, 0.29) is 12.3 Å². The van der Waals surface area contributed by atoms with E-state index in [9.17, 15) is 13.6 Å². The number of amides is 1. The molecule has 1 N–H and O–H groups in total. The maximum atomic E-state index is 13.4. The lowest BCUT2D eigenvalue weighted by Crippen LogP contribution is -2.36. The first-order chi connectivity index (χ1) is 10.4. The predicted octanol–water partition coefficient (Wildman–Crippen LogP) is 3.39. The van der Waals surface area contributed by atoms with E-state index in [1.807, 2.05) is 13.8 Å². The molecule has 1 heterocycles. The third kappa shape index (κ3) is 3.02. The normalized spacial score (nSPS) is 15.6. The van der Waals surface area contributed by atoms with Crippen molar-refractivity contribution in [2.45, 2.75) is 38.6 Å². The molecule has 3 rings (SSSR count). The summed E-state index contributed by atoms with van der Waals surface area (Å²) in [5.41, 5.74) is 0.739. The van der Waals surface area contributed by atoms with Crippen molar-refractivity contribution in [2.24, 2.45) is 0 Å². The van der Waals surface area contributed by atoms with Gasteiger partial charge in [-0.25, -0.2) is 13.8 Å². The van der Waals surface area contributed by atoms with Crippen LogP contribution in [0.2, 0.25) is 0 Å². The van der Waals surface area contributed by atoms with Crippen LogP contribution in [-0.4, -0.2) is 10.9 Å². The molecule has 0 aliphatic heterocycles. The highest BCUT2D eigenvalue weighted by atomic mass is 32.1. The highest BCUT2D eigenvalue weighted by Crippen LogP contribution is 2.46. The van der Waals surface area contributed by atoms with Crippen molar-refractivity contribution in [2.75, 3.05) is 0 Å². The highest BCUT2D eigenvalue weighted by molar-refractivity contribution is 7.11. The first-order valence-electron chi connectivity index (χ1n) is 7.08. The predicted molar refractivity (Wildman–Crippen MR) is 80.7 cm³/mol. The summed E-state index contributed by atoms with van der Waals surface area (Å²) >= 11 is 1.50. The maximum Gasteiger partial charge on any atom is 0.226 e. The molecule has 22 heavy (non-hydrogen) atoms. The summed E-state index contributed by atoms with van der Waals surface area (Å²) in [5, 5.41) is 3.85. The SMILES string of the molecule is Cc1nc(C)c(CC(=O)NC2(c3cc(F)cc(F)c3)CC2)s1. The van der Waals surface area contributed by atoms with Crippen molar-refractivity contribution in [3.8, 4) is 0 Å². The Morgan fingerprint density at radius 1 is 1.27 bits per heavy atom. The van der Waals surface area contributed by atoms with Gasteiger partial charge >= 0.3 is 0 Å². The Kier molecular flexibility index (Phi) is 3.72. The van der Waals surface area contributed by atoms with Crippen LogP contribution in [-0.2, 0) is 16.8 Å². The first kappa shape index (κ1) is 15.1. The third-order valence-electron chi connectivity index (χ3n) is 3.86. The molecular formula is C16H16F2N2OS. The van der Waals surface area contributed by atoms with Gasteiger partial charge in [0.2, 0.25) is 5.91 Å². The number of aryl methyl sites for hydroxylation is 2. The number of hydrogen-bond acceptors (Lipinski definition) is 3. The second kappa shape index (κ2) is 5.43. The number of hydrogen-bond donors (Lipinski definition) is 1. The maximum absolute atomic E-state index is 13.4. The van der Waals surface area contributed by atoms with Crippen molar-refractivity contribution in [1.29, 1.82) is 0 Å². The first-order valence-corrected chi connectivity index (χ1v) is 7.90. The highest BCUT2D eigenvalue weighted by Gasteiger charge is 2.46. The van der Waals surface area contributed by atoms with Crippen LogP contribution in [0, 0.1) is 25.5 Å². The number of rotatable bonds is 4. The zero-order valence-corrected chi connectivity index (χ0v) is 13.2. The van der Waals surface area contributed by atoms with Crippen LogP contribution in [0.1, 0.15) is 34.0 Å².